The highest BCUT2D eigenvalue weighted by molar-refractivity contribution is 6.32. The molecule has 0 bridgehead atoms. The number of hydrogen-bond donors (Lipinski definition) is 18. The van der Waals surface area contributed by atoms with Gasteiger partial charge in [-0.2, -0.15) is 0 Å². The number of halogens is 5. The van der Waals surface area contributed by atoms with Gasteiger partial charge >= 0.3 is 24.4 Å². The number of H-pyrrole nitrogens is 1. The first-order valence-electron chi connectivity index (χ1n) is 44.3. The quantitative estimate of drug-likeness (QED) is 0.0145. The number of hydrogen-bond acceptors (Lipinski definition) is 23. The summed E-state index contributed by atoms with van der Waals surface area (Å²) in [5.41, 5.74) is 27.0. The number of carbonyl (C=O) groups is 13. The molecule has 5 aromatic carbocycles. The van der Waals surface area contributed by atoms with Crippen LogP contribution in [0.2, 0.25) is 20.1 Å². The fourth-order valence-electron chi connectivity index (χ4n) is 13.5. The molecule has 22 N–H and O–H groups in total. The fourth-order valence-corrected chi connectivity index (χ4v) is 14.2. The molecule has 6 rings (SSSR count). The van der Waals surface area contributed by atoms with E-state index in [1.165, 1.54) is 0 Å². The summed E-state index contributed by atoms with van der Waals surface area (Å²) in [5.74, 6) is -4.67. The van der Waals surface area contributed by atoms with Gasteiger partial charge in [-0.15, -0.1) is 12.4 Å². The van der Waals surface area contributed by atoms with Crippen molar-refractivity contribution >= 4 is 147 Å². The van der Waals surface area contributed by atoms with Crippen LogP contribution in [0.3, 0.4) is 0 Å². The topological polar surface area (TPSA) is 542 Å². The van der Waals surface area contributed by atoms with Gasteiger partial charge in [-0.05, 0) is 151 Å². The number of para-hydroxylation sites is 1. The molecular weight excluding hydrogens is 1810 g/mol. The monoisotopic (exact) mass is 1940 g/mol. The highest BCUT2D eigenvalue weighted by atomic mass is 35.5. The van der Waals surface area contributed by atoms with Crippen LogP contribution in [-0.2, 0) is 94.9 Å². The third-order valence-electron chi connectivity index (χ3n) is 20.8. The van der Waals surface area contributed by atoms with E-state index in [2.05, 4.69) is 74.1 Å². The predicted molar refractivity (Wildman–Crippen MR) is 507 cm³/mol. The normalized spacial score (nSPS) is 12.1. The zero-order chi connectivity index (χ0) is 94.8. The number of aromatic amines is 1. The number of benzene rings is 5. The average Bonchev–Trinajstić information content (AvgIpc) is 1.70. The maximum Gasteiger partial charge on any atom is 0.408 e. The summed E-state index contributed by atoms with van der Waals surface area (Å²) in [6.07, 6.45) is 1.11. The van der Waals surface area contributed by atoms with Crippen LogP contribution in [0.5, 0.6) is 0 Å². The lowest BCUT2D eigenvalue weighted by molar-refractivity contribution is -0.129. The Balaban J connectivity index is 0.0000308. The Kier molecular flexibility index (Phi) is 55.6. The Morgan fingerprint density at radius 3 is 0.909 bits per heavy atom. The lowest BCUT2D eigenvalue weighted by Gasteiger charge is -2.32. The van der Waals surface area contributed by atoms with Crippen LogP contribution in [0, 0.1) is 0 Å². The van der Waals surface area contributed by atoms with Gasteiger partial charge in [-0.1, -0.05) is 137 Å². The number of unbranched alkanes of at least 4 members (excludes halogenated alkanes) is 4. The van der Waals surface area contributed by atoms with Crippen LogP contribution in [0.1, 0.15) is 137 Å². The van der Waals surface area contributed by atoms with Crippen LogP contribution in [0.15, 0.2) is 127 Å². The molecule has 1 aromatic heterocycles. The molecule has 0 aliphatic rings. The van der Waals surface area contributed by atoms with Crippen LogP contribution < -0.4 is 92.1 Å². The number of fused-ring (bicyclic) bond motifs is 1. The van der Waals surface area contributed by atoms with Gasteiger partial charge in [0.1, 0.15) is 50.6 Å². The van der Waals surface area contributed by atoms with Gasteiger partial charge in [0.25, 0.3) is 0 Å². The van der Waals surface area contributed by atoms with Crippen molar-refractivity contribution in [2.45, 2.75) is 172 Å². The van der Waals surface area contributed by atoms with Crippen molar-refractivity contribution in [1.29, 1.82) is 0 Å². The molecule has 42 heteroatoms. The second kappa shape index (κ2) is 65.7. The van der Waals surface area contributed by atoms with Crippen molar-refractivity contribution in [3.05, 3.63) is 175 Å². The molecular formula is C90H129Cl5N20O17. The number of aromatic nitrogens is 1. The van der Waals surface area contributed by atoms with Crippen LogP contribution in [0.4, 0.5) is 19.2 Å². The minimum absolute atomic E-state index is 0. The Morgan fingerprint density at radius 2 is 0.606 bits per heavy atom. The predicted octanol–water partition coefficient (Wildman–Crippen LogP) is 6.41. The lowest BCUT2D eigenvalue weighted by Crippen LogP contribution is -2.51. The third kappa shape index (κ3) is 45.5. The molecule has 0 radical (unpaired) electrons. The lowest BCUT2D eigenvalue weighted by atomic mass is 10.1. The van der Waals surface area contributed by atoms with E-state index in [1.807, 2.05) is 30.3 Å². The molecule has 0 spiro atoms. The van der Waals surface area contributed by atoms with Crippen molar-refractivity contribution in [2.24, 2.45) is 22.9 Å². The van der Waals surface area contributed by atoms with E-state index in [1.54, 1.807) is 107 Å². The number of amides is 13. The van der Waals surface area contributed by atoms with Crippen molar-refractivity contribution in [3.63, 3.8) is 0 Å². The fraction of sp³-hybridized carbons (Fsp3) is 0.500. The number of carbonyl (C=O) groups excluding carboxylic acids is 13. The first-order chi connectivity index (χ1) is 63.4. The Morgan fingerprint density at radius 1 is 0.326 bits per heavy atom. The van der Waals surface area contributed by atoms with E-state index in [4.69, 9.17) is 88.3 Å². The van der Waals surface area contributed by atoms with Gasteiger partial charge in [-0.3, -0.25) is 48.1 Å². The number of nitrogens with one attached hydrogen (secondary N) is 14. The van der Waals surface area contributed by atoms with Crippen LogP contribution >= 0.6 is 58.8 Å². The zero-order valence-electron chi connectivity index (χ0n) is 74.4. The zero-order valence-corrected chi connectivity index (χ0v) is 78.2. The summed E-state index contributed by atoms with van der Waals surface area (Å²) >= 11 is 25.1. The van der Waals surface area contributed by atoms with Gasteiger partial charge < -0.3 is 121 Å². The van der Waals surface area contributed by atoms with Gasteiger partial charge in [0, 0.05) is 177 Å². The smallest absolute Gasteiger partial charge is 0.408 e. The summed E-state index contributed by atoms with van der Waals surface area (Å²) in [4.78, 5) is 185. The summed E-state index contributed by atoms with van der Waals surface area (Å²) < 4.78 is 21.6. The number of nitrogens with two attached hydrogens (primary N) is 4. The number of alkyl carbamates (subject to hydrolysis) is 4. The highest BCUT2D eigenvalue weighted by Gasteiger charge is 2.31. The van der Waals surface area contributed by atoms with Crippen molar-refractivity contribution in [3.8, 4) is 0 Å². The molecule has 0 saturated carbocycles. The first-order valence-corrected chi connectivity index (χ1v) is 45.8. The van der Waals surface area contributed by atoms with Gasteiger partial charge in [0.05, 0.1) is 6.04 Å². The number of nitrogens with zero attached hydrogens (tertiary/aromatic N) is 2. The van der Waals surface area contributed by atoms with Crippen molar-refractivity contribution in [1.82, 2.24) is 83.9 Å². The molecule has 0 aliphatic heterocycles. The highest BCUT2D eigenvalue weighted by Crippen LogP contribution is 2.22. The van der Waals surface area contributed by atoms with E-state index in [9.17, 15) is 57.5 Å². The minimum atomic E-state index is -1.13. The molecule has 1 heterocycles. The summed E-state index contributed by atoms with van der Waals surface area (Å²) in [7, 11) is 0. The average molecular weight is 1940 g/mol. The molecule has 0 saturated heterocycles. The molecule has 0 aliphatic carbocycles. The van der Waals surface area contributed by atoms with Crippen LogP contribution in [0.25, 0.3) is 10.9 Å². The maximum absolute atomic E-state index is 15.3. The summed E-state index contributed by atoms with van der Waals surface area (Å²) in [6, 6.07) is 31.6. The SMILES string of the molecule is Cl.NCCCC[C@H](NC(=O)OCc1ccccc1Cl)C(=O)NCCNC(=O)CCN(CCC(=O)NCCNC(=O)[C@H](CCCCN)NC(=O)OCc1ccccc1Cl)CC[C@H](C(=O)NCCc1cc2ccccc2[nH]1)N(CCC(=O)NCCNC(=O)[C@H](CCCCN)NC(=O)OCc1ccccc1Cl)CCC(=O)NCCNC(=O)[C@H](CCCCN)NC(=O)OCc1ccccc1Cl. The molecule has 13 amide bonds. The molecule has 132 heavy (non-hydrogen) atoms. The Labute approximate surface area is 796 Å². The minimum Gasteiger partial charge on any atom is -0.445 e. The van der Waals surface area contributed by atoms with E-state index in [-0.39, 0.29) is 188 Å². The Hall–Kier alpha value is -10.8. The maximum atomic E-state index is 15.3. The van der Waals surface area contributed by atoms with Gasteiger partial charge in [-0.25, -0.2) is 19.2 Å². The first kappa shape index (κ1) is 112. The third-order valence-corrected chi connectivity index (χ3v) is 22.3. The van der Waals surface area contributed by atoms with Crippen LogP contribution in [-0.4, -0.2) is 240 Å². The van der Waals surface area contributed by atoms with E-state index in [0.29, 0.717) is 126 Å². The summed E-state index contributed by atoms with van der Waals surface area (Å²) in [6.45, 7) is 0.0481. The van der Waals surface area contributed by atoms with E-state index < -0.39 is 108 Å². The second-order valence-electron chi connectivity index (χ2n) is 30.8. The second-order valence-corrected chi connectivity index (χ2v) is 32.4. The molecule has 37 nitrogen and oxygen atoms in total. The van der Waals surface area contributed by atoms with Crippen molar-refractivity contribution < 1.29 is 81.3 Å². The van der Waals surface area contributed by atoms with E-state index >= 15 is 4.79 Å². The molecule has 0 fully saturated rings. The Bertz CT molecular complexity index is 4300. The molecule has 726 valence electrons. The van der Waals surface area contributed by atoms with Crippen molar-refractivity contribution in [2.75, 3.05) is 118 Å². The molecule has 5 atom stereocenters. The summed E-state index contributed by atoms with van der Waals surface area (Å²) in [5, 5.41) is 38.3. The van der Waals surface area contributed by atoms with Gasteiger partial charge in [0.15, 0.2) is 0 Å². The largest absolute Gasteiger partial charge is 0.445 e. The number of rotatable bonds is 64. The van der Waals surface area contributed by atoms with Gasteiger partial charge in [0.2, 0.25) is 53.2 Å². The molecule has 6 aromatic rings. The molecule has 0 unspecified atom stereocenters. The number of ether oxygens (including phenoxy) is 4. The standard InChI is InChI=1S/C90H128Cl4N20O17.ClH/c91-68-24-6-1-20-63(68)58-128-87(124)109-73(29-11-15-39-95)82(119)104-48-44-99-78(115)35-53-113(54-36-79(116)100-45-49-105-83(120)74(30-12-16-40-96)110-88(125)129-59-64-21-2-7-25-69(64)92)52-34-77(86(123)103-43-33-67-57-62-19-5-10-28-72(62)108-67)114(55-37-80(117)101-46-50-106-84(121)75(31-13-17-41-97)111-89(126)130-60-65-22-3-8-26-70(65)93)56-38-81(118)102-47-51-107-85(122)76(32-14-18-42-98)112-90(127)131-61-66-23-4-9-27-71(66)94;/h1-10,19-28,57,73-77,108H,11-18,29-56,58-61,95-98H2,(H,99,115)(H,100,116)(H,101,117)(H,102,118)(H,103,123)(H,104,119)(H,105,120)(H,106,121)(H,107,122)(H,109,124)(H,110,125)(H,111,126)(H,112,127);1H/t73-,74-,75-,76-,77+;/m0./s1. The van der Waals surface area contributed by atoms with E-state index in [0.717, 1.165) is 16.6 Å².